The molecule has 0 spiro atoms. The van der Waals surface area contributed by atoms with Crippen molar-refractivity contribution >= 4 is 11.6 Å². The van der Waals surface area contributed by atoms with Gasteiger partial charge in [0.1, 0.15) is 0 Å². The highest BCUT2D eigenvalue weighted by atomic mass is 35.5. The number of aryl methyl sites for hydroxylation is 1. The Labute approximate surface area is 156 Å². The molecule has 0 amide bonds. The molecular formula is C23H39Cl. The smallest absolute Gasteiger partial charge is 0.0476 e. The van der Waals surface area contributed by atoms with E-state index in [9.17, 15) is 0 Å². The second-order valence-electron chi connectivity index (χ2n) is 7.41. The second kappa shape index (κ2) is 13.8. The van der Waals surface area contributed by atoms with Gasteiger partial charge in [0.2, 0.25) is 0 Å². The highest BCUT2D eigenvalue weighted by molar-refractivity contribution is 6.17. The number of rotatable bonds is 14. The van der Waals surface area contributed by atoms with Gasteiger partial charge in [-0.25, -0.2) is 0 Å². The van der Waals surface area contributed by atoms with E-state index in [1.165, 1.54) is 106 Å². The average molecular weight is 351 g/mol. The van der Waals surface area contributed by atoms with Crippen LogP contribution in [0.5, 0.6) is 0 Å². The fraction of sp³-hybridized carbons (Fsp3) is 0.739. The van der Waals surface area contributed by atoms with Crippen molar-refractivity contribution in [3.8, 4) is 0 Å². The van der Waals surface area contributed by atoms with Crippen LogP contribution in [0.2, 0.25) is 0 Å². The molecule has 0 radical (unpaired) electrons. The molecule has 1 rings (SSSR count). The summed E-state index contributed by atoms with van der Waals surface area (Å²) in [5.41, 5.74) is 5.65. The van der Waals surface area contributed by atoms with Crippen LogP contribution in [-0.4, -0.2) is 0 Å². The first kappa shape index (κ1) is 21.6. The van der Waals surface area contributed by atoms with E-state index >= 15 is 0 Å². The van der Waals surface area contributed by atoms with Crippen LogP contribution in [0.3, 0.4) is 0 Å². The van der Waals surface area contributed by atoms with Crippen LogP contribution in [-0.2, 0) is 12.3 Å². The molecule has 0 aliphatic carbocycles. The summed E-state index contributed by atoms with van der Waals surface area (Å²) in [5, 5.41) is 0. The maximum atomic E-state index is 5.99. The van der Waals surface area contributed by atoms with Crippen molar-refractivity contribution in [1.29, 1.82) is 0 Å². The molecule has 0 aliphatic rings. The van der Waals surface area contributed by atoms with E-state index in [1.54, 1.807) is 0 Å². The van der Waals surface area contributed by atoms with Crippen LogP contribution in [0.15, 0.2) is 12.1 Å². The van der Waals surface area contributed by atoms with Crippen molar-refractivity contribution in [3.63, 3.8) is 0 Å². The molecule has 0 fully saturated rings. The lowest BCUT2D eigenvalue weighted by atomic mass is 9.95. The first-order valence-electron chi connectivity index (χ1n) is 10.3. The number of benzene rings is 1. The molecule has 1 aromatic rings. The van der Waals surface area contributed by atoms with E-state index in [2.05, 4.69) is 32.9 Å². The lowest BCUT2D eigenvalue weighted by Gasteiger charge is -2.12. The van der Waals surface area contributed by atoms with Gasteiger partial charge in [-0.3, -0.25) is 0 Å². The minimum atomic E-state index is 0.631. The molecule has 1 heteroatoms. The Balaban J connectivity index is 2.02. The van der Waals surface area contributed by atoms with Crippen molar-refractivity contribution in [2.24, 2.45) is 0 Å². The van der Waals surface area contributed by atoms with Crippen molar-refractivity contribution < 1.29 is 0 Å². The molecule has 0 nitrogen and oxygen atoms in total. The summed E-state index contributed by atoms with van der Waals surface area (Å²) in [4.78, 5) is 0. The molecule has 0 aromatic heterocycles. The van der Waals surface area contributed by atoms with Crippen LogP contribution < -0.4 is 0 Å². The summed E-state index contributed by atoms with van der Waals surface area (Å²) < 4.78 is 0. The van der Waals surface area contributed by atoms with Gasteiger partial charge in [-0.05, 0) is 48.9 Å². The van der Waals surface area contributed by atoms with Gasteiger partial charge in [-0.1, -0.05) is 89.7 Å². The summed E-state index contributed by atoms with van der Waals surface area (Å²) in [6.45, 7) is 6.75. The van der Waals surface area contributed by atoms with Crippen LogP contribution in [0, 0.1) is 13.8 Å². The molecule has 0 aliphatic heterocycles. The lowest BCUT2D eigenvalue weighted by molar-refractivity contribution is 0.544. The molecule has 0 saturated heterocycles. The van der Waals surface area contributed by atoms with Crippen LogP contribution >= 0.6 is 11.6 Å². The van der Waals surface area contributed by atoms with E-state index < -0.39 is 0 Å². The predicted molar refractivity (Wildman–Crippen MR) is 110 cm³/mol. The number of hydrogen-bond acceptors (Lipinski definition) is 0. The fourth-order valence-electron chi connectivity index (χ4n) is 3.50. The monoisotopic (exact) mass is 350 g/mol. The van der Waals surface area contributed by atoms with Gasteiger partial charge in [0.05, 0.1) is 0 Å². The zero-order valence-corrected chi connectivity index (χ0v) is 17.2. The van der Waals surface area contributed by atoms with E-state index in [1.807, 2.05) is 0 Å². The second-order valence-corrected chi connectivity index (χ2v) is 7.67. The van der Waals surface area contributed by atoms with Crippen molar-refractivity contribution in [2.75, 3.05) is 0 Å². The largest absolute Gasteiger partial charge is 0.122 e. The molecule has 1 aromatic carbocycles. The first-order chi connectivity index (χ1) is 11.7. The molecule has 138 valence electrons. The third-order valence-corrected chi connectivity index (χ3v) is 5.74. The number of unbranched alkanes of at least 4 members (excludes halogenated alkanes) is 11. The highest BCUT2D eigenvalue weighted by Gasteiger charge is 2.05. The third kappa shape index (κ3) is 8.56. The van der Waals surface area contributed by atoms with Gasteiger partial charge in [0, 0.05) is 5.88 Å². The zero-order valence-electron chi connectivity index (χ0n) is 16.4. The molecule has 0 N–H and O–H groups in total. The summed E-state index contributed by atoms with van der Waals surface area (Å²) in [7, 11) is 0. The van der Waals surface area contributed by atoms with Crippen LogP contribution in [0.1, 0.15) is 106 Å². The predicted octanol–water partition coefficient (Wildman–Crippen LogP) is 8.29. The van der Waals surface area contributed by atoms with Gasteiger partial charge in [-0.2, -0.15) is 0 Å². The molecular weight excluding hydrogens is 312 g/mol. The SMILES string of the molecule is CCCCCCCCCCCCCCc1ccc(CCl)c(C)c1C. The van der Waals surface area contributed by atoms with E-state index in [4.69, 9.17) is 11.6 Å². The zero-order chi connectivity index (χ0) is 17.6. The standard InChI is InChI=1S/C23H39Cl/c1-4-5-6-7-8-9-10-11-12-13-14-15-16-22-17-18-23(19-24)21(3)20(22)2/h17-18H,4-16,19H2,1-3H3. The average Bonchev–Trinajstić information content (AvgIpc) is 2.59. The summed E-state index contributed by atoms with van der Waals surface area (Å²) in [6.07, 6.45) is 18.3. The van der Waals surface area contributed by atoms with Gasteiger partial charge < -0.3 is 0 Å². The Bertz CT molecular complexity index is 436. The van der Waals surface area contributed by atoms with E-state index in [0.29, 0.717) is 5.88 Å². The molecule has 0 atom stereocenters. The van der Waals surface area contributed by atoms with Crippen molar-refractivity contribution in [1.82, 2.24) is 0 Å². The Hall–Kier alpha value is -0.490. The fourth-order valence-corrected chi connectivity index (χ4v) is 3.79. The number of halogens is 1. The number of alkyl halides is 1. The summed E-state index contributed by atoms with van der Waals surface area (Å²) >= 11 is 5.99. The Morgan fingerprint density at radius 2 is 1.04 bits per heavy atom. The van der Waals surface area contributed by atoms with Crippen LogP contribution in [0.4, 0.5) is 0 Å². The Morgan fingerprint density at radius 3 is 1.54 bits per heavy atom. The summed E-state index contributed by atoms with van der Waals surface area (Å²) in [5.74, 6) is 0.631. The molecule has 0 bridgehead atoms. The Morgan fingerprint density at radius 1 is 0.625 bits per heavy atom. The quantitative estimate of drug-likeness (QED) is 0.234. The third-order valence-electron chi connectivity index (χ3n) is 5.46. The maximum absolute atomic E-state index is 5.99. The number of hydrogen-bond donors (Lipinski definition) is 0. The maximum Gasteiger partial charge on any atom is 0.0476 e. The van der Waals surface area contributed by atoms with E-state index in [0.717, 1.165) is 0 Å². The lowest BCUT2D eigenvalue weighted by Crippen LogP contribution is -1.96. The van der Waals surface area contributed by atoms with Gasteiger partial charge in [0.25, 0.3) is 0 Å². The van der Waals surface area contributed by atoms with E-state index in [-0.39, 0.29) is 0 Å². The van der Waals surface area contributed by atoms with Gasteiger partial charge >= 0.3 is 0 Å². The van der Waals surface area contributed by atoms with Gasteiger partial charge in [-0.15, -0.1) is 11.6 Å². The van der Waals surface area contributed by atoms with Crippen molar-refractivity contribution in [3.05, 3.63) is 34.4 Å². The first-order valence-corrected chi connectivity index (χ1v) is 10.9. The molecule has 0 heterocycles. The minimum absolute atomic E-state index is 0.631. The Kier molecular flexibility index (Phi) is 12.4. The molecule has 0 saturated carbocycles. The molecule has 0 unspecified atom stereocenters. The minimum Gasteiger partial charge on any atom is -0.122 e. The summed E-state index contributed by atoms with van der Waals surface area (Å²) in [6, 6.07) is 4.50. The van der Waals surface area contributed by atoms with Crippen molar-refractivity contribution in [2.45, 2.75) is 110 Å². The topological polar surface area (TPSA) is 0 Å². The highest BCUT2D eigenvalue weighted by Crippen LogP contribution is 2.21. The molecule has 24 heavy (non-hydrogen) atoms. The van der Waals surface area contributed by atoms with Crippen LogP contribution in [0.25, 0.3) is 0 Å². The normalized spacial score (nSPS) is 11.2. The van der Waals surface area contributed by atoms with Gasteiger partial charge in [0.15, 0.2) is 0 Å².